The summed E-state index contributed by atoms with van der Waals surface area (Å²) in [5.74, 6) is -1.09. The van der Waals surface area contributed by atoms with Gasteiger partial charge in [-0.05, 0) is 42.0 Å². The Labute approximate surface area is 130 Å². The number of halogens is 3. The van der Waals surface area contributed by atoms with Crippen molar-refractivity contribution in [3.05, 3.63) is 69.2 Å². The van der Waals surface area contributed by atoms with Gasteiger partial charge in [-0.1, -0.05) is 46.6 Å². The van der Waals surface area contributed by atoms with Crippen LogP contribution in [0.25, 0.3) is 0 Å². The first-order chi connectivity index (χ1) is 10.1. The molecule has 2 aromatic rings. The van der Waals surface area contributed by atoms with Crippen LogP contribution in [0.15, 0.2) is 40.9 Å². The van der Waals surface area contributed by atoms with Crippen LogP contribution in [-0.2, 0) is 0 Å². The lowest BCUT2D eigenvalue weighted by molar-refractivity contribution is 0.206. The largest absolute Gasteiger partial charge is 0.383 e. The first-order valence-electron chi connectivity index (χ1n) is 6.99. The number of aliphatic hydroxyl groups is 1. The molecule has 1 saturated carbocycles. The molecule has 0 bridgehead atoms. The minimum Gasteiger partial charge on any atom is -0.383 e. The van der Waals surface area contributed by atoms with Crippen molar-refractivity contribution in [3.63, 3.8) is 0 Å². The van der Waals surface area contributed by atoms with Gasteiger partial charge in [-0.25, -0.2) is 8.78 Å². The lowest BCUT2D eigenvalue weighted by Crippen LogP contribution is -2.15. The maximum Gasteiger partial charge on any atom is 0.133 e. The van der Waals surface area contributed by atoms with Gasteiger partial charge >= 0.3 is 0 Å². The van der Waals surface area contributed by atoms with E-state index in [1.54, 1.807) is 12.1 Å². The second-order valence-corrected chi connectivity index (χ2v) is 6.36. The van der Waals surface area contributed by atoms with Crippen LogP contribution in [0.3, 0.4) is 0 Å². The Morgan fingerprint density at radius 3 is 2.29 bits per heavy atom. The Kier molecular flexibility index (Phi) is 4.09. The molecule has 110 valence electrons. The third-order valence-electron chi connectivity index (χ3n) is 4.15. The van der Waals surface area contributed by atoms with Crippen molar-refractivity contribution in [2.75, 3.05) is 0 Å². The SMILES string of the molecule is OC(c1ccccc1C1CCC1)c1c(F)cc(Br)cc1F. The summed E-state index contributed by atoms with van der Waals surface area (Å²) in [5.41, 5.74) is 1.31. The van der Waals surface area contributed by atoms with Gasteiger partial charge in [0.05, 0.1) is 5.56 Å². The fourth-order valence-electron chi connectivity index (χ4n) is 2.82. The molecule has 1 atom stereocenters. The van der Waals surface area contributed by atoms with Gasteiger partial charge in [-0.3, -0.25) is 0 Å². The first kappa shape index (κ1) is 14.7. The Balaban J connectivity index is 2.05. The second-order valence-electron chi connectivity index (χ2n) is 5.44. The quantitative estimate of drug-likeness (QED) is 0.816. The van der Waals surface area contributed by atoms with Crippen molar-refractivity contribution in [1.29, 1.82) is 0 Å². The zero-order chi connectivity index (χ0) is 15.0. The van der Waals surface area contributed by atoms with Gasteiger partial charge in [-0.15, -0.1) is 0 Å². The van der Waals surface area contributed by atoms with Gasteiger partial charge in [0.25, 0.3) is 0 Å². The molecular formula is C17H15BrF2O. The van der Waals surface area contributed by atoms with Crippen LogP contribution < -0.4 is 0 Å². The number of rotatable bonds is 3. The van der Waals surface area contributed by atoms with Gasteiger partial charge in [0.2, 0.25) is 0 Å². The van der Waals surface area contributed by atoms with E-state index < -0.39 is 17.7 Å². The molecule has 0 spiro atoms. The minimum atomic E-state index is -1.28. The Bertz CT molecular complexity index is 645. The van der Waals surface area contributed by atoms with Crippen LogP contribution in [0.5, 0.6) is 0 Å². The summed E-state index contributed by atoms with van der Waals surface area (Å²) in [7, 11) is 0. The molecule has 0 heterocycles. The summed E-state index contributed by atoms with van der Waals surface area (Å²) in [6, 6.07) is 9.73. The van der Waals surface area contributed by atoms with Crippen molar-refractivity contribution in [2.24, 2.45) is 0 Å². The third-order valence-corrected chi connectivity index (χ3v) is 4.61. The van der Waals surface area contributed by atoms with Crippen LogP contribution >= 0.6 is 15.9 Å². The molecule has 1 nitrogen and oxygen atoms in total. The van der Waals surface area contributed by atoms with Crippen molar-refractivity contribution < 1.29 is 13.9 Å². The van der Waals surface area contributed by atoms with Gasteiger partial charge in [0.15, 0.2) is 0 Å². The van der Waals surface area contributed by atoms with Crippen LogP contribution in [0.4, 0.5) is 8.78 Å². The van der Waals surface area contributed by atoms with Gasteiger partial charge in [-0.2, -0.15) is 0 Å². The first-order valence-corrected chi connectivity index (χ1v) is 7.78. The van der Waals surface area contributed by atoms with Crippen LogP contribution in [-0.4, -0.2) is 5.11 Å². The maximum atomic E-state index is 14.0. The fourth-order valence-corrected chi connectivity index (χ4v) is 3.22. The predicted octanol–water partition coefficient (Wildman–Crippen LogP) is 5.08. The zero-order valence-electron chi connectivity index (χ0n) is 11.3. The molecule has 1 aliphatic rings. The molecule has 2 aromatic carbocycles. The van der Waals surface area contributed by atoms with Crippen LogP contribution in [0.1, 0.15) is 48.0 Å². The monoisotopic (exact) mass is 352 g/mol. The van der Waals surface area contributed by atoms with E-state index in [-0.39, 0.29) is 5.56 Å². The lowest BCUT2D eigenvalue weighted by Gasteiger charge is -2.29. The standard InChI is InChI=1S/C17H15BrF2O/c18-11-8-14(19)16(15(20)9-11)17(21)13-7-2-1-6-12(13)10-4-3-5-10/h1-2,6-10,17,21H,3-5H2. The molecular weight excluding hydrogens is 338 g/mol. The lowest BCUT2D eigenvalue weighted by atomic mass is 9.77. The molecule has 21 heavy (non-hydrogen) atoms. The van der Waals surface area contributed by atoms with E-state index in [4.69, 9.17) is 0 Å². The fraction of sp³-hybridized carbons (Fsp3) is 0.294. The predicted molar refractivity (Wildman–Crippen MR) is 81.2 cm³/mol. The Morgan fingerprint density at radius 2 is 1.71 bits per heavy atom. The molecule has 3 rings (SSSR count). The van der Waals surface area contributed by atoms with E-state index in [1.807, 2.05) is 12.1 Å². The molecule has 4 heteroatoms. The number of benzene rings is 2. The number of aliphatic hydroxyl groups excluding tert-OH is 1. The normalized spacial score (nSPS) is 16.6. The van der Waals surface area contributed by atoms with Crippen molar-refractivity contribution in [1.82, 2.24) is 0 Å². The smallest absolute Gasteiger partial charge is 0.133 e. The summed E-state index contributed by atoms with van der Waals surface area (Å²) in [6.07, 6.45) is 2.01. The van der Waals surface area contributed by atoms with Crippen molar-refractivity contribution >= 4 is 15.9 Å². The van der Waals surface area contributed by atoms with E-state index in [0.29, 0.717) is 16.0 Å². The van der Waals surface area contributed by atoms with E-state index in [2.05, 4.69) is 15.9 Å². The molecule has 1 fully saturated rings. The third kappa shape index (κ3) is 2.74. The van der Waals surface area contributed by atoms with Crippen molar-refractivity contribution in [3.8, 4) is 0 Å². The van der Waals surface area contributed by atoms with Crippen LogP contribution in [0.2, 0.25) is 0 Å². The summed E-state index contributed by atoms with van der Waals surface area (Å²) in [5, 5.41) is 10.5. The molecule has 0 radical (unpaired) electrons. The summed E-state index contributed by atoms with van der Waals surface area (Å²) in [4.78, 5) is 0. The summed E-state index contributed by atoms with van der Waals surface area (Å²) in [6.45, 7) is 0. The molecule has 0 saturated heterocycles. The summed E-state index contributed by atoms with van der Waals surface area (Å²) < 4.78 is 28.4. The number of hydrogen-bond donors (Lipinski definition) is 1. The van der Waals surface area contributed by atoms with Crippen molar-refractivity contribution in [2.45, 2.75) is 31.3 Å². The highest BCUT2D eigenvalue weighted by Gasteiger charge is 2.27. The van der Waals surface area contributed by atoms with E-state index >= 15 is 0 Å². The molecule has 0 amide bonds. The molecule has 1 unspecified atom stereocenters. The second kappa shape index (κ2) is 5.85. The molecule has 1 aliphatic carbocycles. The highest BCUT2D eigenvalue weighted by Crippen LogP contribution is 2.41. The maximum absolute atomic E-state index is 14.0. The molecule has 1 N–H and O–H groups in total. The average molecular weight is 353 g/mol. The van der Waals surface area contributed by atoms with Gasteiger partial charge < -0.3 is 5.11 Å². The minimum absolute atomic E-state index is 0.287. The van der Waals surface area contributed by atoms with E-state index in [1.165, 1.54) is 12.1 Å². The Morgan fingerprint density at radius 1 is 1.10 bits per heavy atom. The Hall–Kier alpha value is -1.26. The number of hydrogen-bond acceptors (Lipinski definition) is 1. The van der Waals surface area contributed by atoms with E-state index in [0.717, 1.165) is 24.8 Å². The van der Waals surface area contributed by atoms with Gasteiger partial charge in [0.1, 0.15) is 17.7 Å². The molecule has 0 aromatic heterocycles. The highest BCUT2D eigenvalue weighted by atomic mass is 79.9. The topological polar surface area (TPSA) is 20.2 Å². The molecule has 0 aliphatic heterocycles. The zero-order valence-corrected chi connectivity index (χ0v) is 12.9. The van der Waals surface area contributed by atoms with Gasteiger partial charge in [0, 0.05) is 4.47 Å². The van der Waals surface area contributed by atoms with E-state index in [9.17, 15) is 13.9 Å². The highest BCUT2D eigenvalue weighted by molar-refractivity contribution is 9.10. The average Bonchev–Trinajstić information content (AvgIpc) is 2.36. The van der Waals surface area contributed by atoms with Crippen LogP contribution in [0, 0.1) is 11.6 Å². The summed E-state index contributed by atoms with van der Waals surface area (Å²) >= 11 is 3.05.